The van der Waals surface area contributed by atoms with Crippen LogP contribution in [0.25, 0.3) is 0 Å². The highest BCUT2D eigenvalue weighted by Crippen LogP contribution is 2.33. The summed E-state index contributed by atoms with van der Waals surface area (Å²) < 4.78 is 0. The Kier molecular flexibility index (Phi) is 2.20. The van der Waals surface area contributed by atoms with Crippen molar-refractivity contribution in [1.82, 2.24) is 0 Å². The van der Waals surface area contributed by atoms with Crippen LogP contribution in [0.1, 0.15) is 19.8 Å². The van der Waals surface area contributed by atoms with E-state index in [1.165, 1.54) is 6.92 Å². The van der Waals surface area contributed by atoms with Crippen LogP contribution in [0.15, 0.2) is 35.5 Å². The van der Waals surface area contributed by atoms with Crippen LogP contribution in [0.3, 0.4) is 0 Å². The maximum absolute atomic E-state index is 11.8. The van der Waals surface area contributed by atoms with Crippen molar-refractivity contribution >= 4 is 11.6 Å². The molecule has 0 spiro atoms. The molecule has 0 bridgehead atoms. The van der Waals surface area contributed by atoms with Crippen molar-refractivity contribution < 1.29 is 9.59 Å². The highest BCUT2D eigenvalue weighted by Gasteiger charge is 2.34. The molecule has 14 heavy (non-hydrogen) atoms. The molecular formula is C12H12O2. The molecule has 0 radical (unpaired) electrons. The molecule has 72 valence electrons. The van der Waals surface area contributed by atoms with Gasteiger partial charge in [-0.25, -0.2) is 0 Å². The Hall–Kier alpha value is -1.44. The molecule has 2 heteroatoms. The molecule has 0 aliphatic heterocycles. The first-order chi connectivity index (χ1) is 6.70. The average Bonchev–Trinajstić information content (AvgIpc) is 2.37. The van der Waals surface area contributed by atoms with Gasteiger partial charge in [0.05, 0.1) is 5.92 Å². The van der Waals surface area contributed by atoms with Crippen LogP contribution < -0.4 is 0 Å². The molecule has 0 amide bonds. The zero-order chi connectivity index (χ0) is 10.1. The molecule has 2 aliphatic carbocycles. The molecule has 0 aromatic rings. The summed E-state index contributed by atoms with van der Waals surface area (Å²) in [7, 11) is 0. The van der Waals surface area contributed by atoms with Crippen molar-refractivity contribution in [3.63, 3.8) is 0 Å². The van der Waals surface area contributed by atoms with Gasteiger partial charge in [-0.05, 0) is 25.3 Å². The molecule has 0 aromatic heterocycles. The smallest absolute Gasteiger partial charge is 0.170 e. The average molecular weight is 188 g/mol. The number of carbonyl (C=O) groups excluding carboxylic acids is 2. The summed E-state index contributed by atoms with van der Waals surface area (Å²) in [6.07, 6.45) is 9.04. The summed E-state index contributed by atoms with van der Waals surface area (Å²) in [4.78, 5) is 23.0. The van der Waals surface area contributed by atoms with Gasteiger partial charge in [0, 0.05) is 5.57 Å². The van der Waals surface area contributed by atoms with E-state index in [0.717, 1.165) is 11.1 Å². The Balaban J connectivity index is 2.31. The van der Waals surface area contributed by atoms with E-state index in [1.807, 2.05) is 24.3 Å². The summed E-state index contributed by atoms with van der Waals surface area (Å²) in [5, 5.41) is 0. The predicted octanol–water partition coefficient (Wildman–Crippen LogP) is 1.98. The highest BCUT2D eigenvalue weighted by atomic mass is 16.1. The molecule has 1 atom stereocenters. The van der Waals surface area contributed by atoms with Crippen LogP contribution in [0.4, 0.5) is 0 Å². The number of allylic oxidation sites excluding steroid dienone is 6. The van der Waals surface area contributed by atoms with Gasteiger partial charge in [0.15, 0.2) is 5.78 Å². The number of ketones is 2. The fourth-order valence-corrected chi connectivity index (χ4v) is 1.97. The minimum Gasteiger partial charge on any atom is -0.299 e. The zero-order valence-corrected chi connectivity index (χ0v) is 8.12. The van der Waals surface area contributed by atoms with Gasteiger partial charge in [-0.15, -0.1) is 0 Å². The van der Waals surface area contributed by atoms with Crippen molar-refractivity contribution in [2.75, 3.05) is 0 Å². The molecule has 0 N–H and O–H groups in total. The molecular weight excluding hydrogens is 176 g/mol. The molecule has 0 fully saturated rings. The quantitative estimate of drug-likeness (QED) is 0.589. The summed E-state index contributed by atoms with van der Waals surface area (Å²) in [6, 6.07) is 0. The van der Waals surface area contributed by atoms with E-state index in [1.54, 1.807) is 0 Å². The van der Waals surface area contributed by atoms with Crippen LogP contribution in [-0.2, 0) is 9.59 Å². The third-order valence-corrected chi connectivity index (χ3v) is 2.78. The Morgan fingerprint density at radius 1 is 1.43 bits per heavy atom. The maximum Gasteiger partial charge on any atom is 0.170 e. The largest absolute Gasteiger partial charge is 0.299 e. The lowest BCUT2D eigenvalue weighted by molar-refractivity contribution is -0.128. The maximum atomic E-state index is 11.8. The number of carbonyl (C=O) groups is 2. The van der Waals surface area contributed by atoms with Crippen molar-refractivity contribution in [1.29, 1.82) is 0 Å². The first kappa shape index (κ1) is 9.13. The molecule has 0 aromatic carbocycles. The first-order valence-corrected chi connectivity index (χ1v) is 4.80. The van der Waals surface area contributed by atoms with Crippen LogP contribution in [0, 0.1) is 5.92 Å². The van der Waals surface area contributed by atoms with Gasteiger partial charge in [-0.3, -0.25) is 9.59 Å². The fourth-order valence-electron chi connectivity index (χ4n) is 1.97. The third-order valence-electron chi connectivity index (χ3n) is 2.78. The van der Waals surface area contributed by atoms with E-state index >= 15 is 0 Å². The fraction of sp³-hybridized carbons (Fsp3) is 0.333. The van der Waals surface area contributed by atoms with Gasteiger partial charge in [-0.1, -0.05) is 24.3 Å². The summed E-state index contributed by atoms with van der Waals surface area (Å²) in [5.41, 5.74) is 1.87. The summed E-state index contributed by atoms with van der Waals surface area (Å²) in [5.74, 6) is -0.389. The minimum atomic E-state index is -0.406. The van der Waals surface area contributed by atoms with E-state index < -0.39 is 5.92 Å². The monoisotopic (exact) mass is 188 g/mol. The molecule has 2 aliphatic rings. The van der Waals surface area contributed by atoms with Crippen LogP contribution >= 0.6 is 0 Å². The lowest BCUT2D eigenvalue weighted by atomic mass is 9.98. The Morgan fingerprint density at radius 3 is 2.93 bits per heavy atom. The number of rotatable bonds is 1. The summed E-state index contributed by atoms with van der Waals surface area (Å²) in [6.45, 7) is 1.49. The second-order valence-corrected chi connectivity index (χ2v) is 3.73. The van der Waals surface area contributed by atoms with Gasteiger partial charge in [0.2, 0.25) is 0 Å². The predicted molar refractivity (Wildman–Crippen MR) is 53.7 cm³/mol. The Morgan fingerprint density at radius 2 is 2.21 bits per heavy atom. The second kappa shape index (κ2) is 3.37. The molecule has 0 saturated carbocycles. The Bertz CT molecular complexity index is 383. The van der Waals surface area contributed by atoms with E-state index in [4.69, 9.17) is 0 Å². The van der Waals surface area contributed by atoms with Crippen molar-refractivity contribution in [3.05, 3.63) is 35.5 Å². The molecule has 0 heterocycles. The third kappa shape index (κ3) is 1.37. The van der Waals surface area contributed by atoms with Crippen LogP contribution in [0.5, 0.6) is 0 Å². The lowest BCUT2D eigenvalue weighted by Crippen LogP contribution is -2.17. The van der Waals surface area contributed by atoms with Gasteiger partial charge in [0.25, 0.3) is 0 Å². The SMILES string of the molecule is CC(=O)C1CC2=C(CC=CC=C2)C1=O. The lowest BCUT2D eigenvalue weighted by Gasteiger charge is -2.02. The van der Waals surface area contributed by atoms with Crippen molar-refractivity contribution in [2.45, 2.75) is 19.8 Å². The van der Waals surface area contributed by atoms with E-state index in [2.05, 4.69) is 0 Å². The normalized spacial score (nSPS) is 25.2. The van der Waals surface area contributed by atoms with E-state index in [0.29, 0.717) is 12.8 Å². The van der Waals surface area contributed by atoms with Gasteiger partial charge in [-0.2, -0.15) is 0 Å². The van der Waals surface area contributed by atoms with Crippen LogP contribution in [-0.4, -0.2) is 11.6 Å². The molecule has 1 unspecified atom stereocenters. The standard InChI is InChI=1S/C12H12O2/c1-8(13)11-7-9-5-3-2-4-6-10(9)12(11)14/h2-5,11H,6-7H2,1H3. The number of hydrogen-bond donors (Lipinski definition) is 0. The van der Waals surface area contributed by atoms with Crippen molar-refractivity contribution in [2.24, 2.45) is 5.92 Å². The van der Waals surface area contributed by atoms with Crippen molar-refractivity contribution in [3.8, 4) is 0 Å². The molecule has 2 rings (SSSR count). The highest BCUT2D eigenvalue weighted by molar-refractivity contribution is 6.13. The first-order valence-electron chi connectivity index (χ1n) is 4.80. The number of Topliss-reactive ketones (excluding diaryl/α,β-unsaturated/α-hetero) is 2. The van der Waals surface area contributed by atoms with Crippen LogP contribution in [0.2, 0.25) is 0 Å². The number of hydrogen-bond acceptors (Lipinski definition) is 2. The minimum absolute atomic E-state index is 0.0135. The molecule has 2 nitrogen and oxygen atoms in total. The van der Waals surface area contributed by atoms with E-state index in [-0.39, 0.29) is 11.6 Å². The second-order valence-electron chi connectivity index (χ2n) is 3.73. The zero-order valence-electron chi connectivity index (χ0n) is 8.12. The Labute approximate surface area is 83.0 Å². The van der Waals surface area contributed by atoms with E-state index in [9.17, 15) is 9.59 Å². The summed E-state index contributed by atoms with van der Waals surface area (Å²) >= 11 is 0. The van der Waals surface area contributed by atoms with Gasteiger partial charge in [0.1, 0.15) is 5.78 Å². The molecule has 0 saturated heterocycles. The van der Waals surface area contributed by atoms with Gasteiger partial charge < -0.3 is 0 Å². The van der Waals surface area contributed by atoms with Gasteiger partial charge >= 0.3 is 0 Å². The topological polar surface area (TPSA) is 34.1 Å².